The van der Waals surface area contributed by atoms with Crippen LogP contribution in [0.25, 0.3) is 6.08 Å². The summed E-state index contributed by atoms with van der Waals surface area (Å²) in [4.78, 5) is 16.6. The van der Waals surface area contributed by atoms with Crippen molar-refractivity contribution in [1.82, 2.24) is 10.2 Å². The smallest absolute Gasteiger partial charge is 0.359 e. The highest BCUT2D eigenvalue weighted by molar-refractivity contribution is 5.92. The van der Waals surface area contributed by atoms with E-state index in [1.807, 2.05) is 34.3 Å². The predicted molar refractivity (Wildman–Crippen MR) is 130 cm³/mol. The SMILES string of the molecule is CCOC(=O)c1n[nH]c2c1C=CC(c1cccc(N(C)C)c1)(c1cccc(N(C)C)c1)C2. The van der Waals surface area contributed by atoms with Crippen LogP contribution in [0.2, 0.25) is 0 Å². The first kappa shape index (κ1) is 21.7. The zero-order valence-electron chi connectivity index (χ0n) is 19.3. The number of hydrogen-bond donors (Lipinski definition) is 1. The number of carbonyl (C=O) groups is 1. The molecule has 2 aromatic carbocycles. The zero-order valence-corrected chi connectivity index (χ0v) is 19.3. The van der Waals surface area contributed by atoms with Gasteiger partial charge in [-0.2, -0.15) is 5.10 Å². The van der Waals surface area contributed by atoms with Gasteiger partial charge in [0.25, 0.3) is 0 Å². The molecule has 0 saturated heterocycles. The third-order valence-corrected chi connectivity index (χ3v) is 6.10. The first-order chi connectivity index (χ1) is 15.4. The largest absolute Gasteiger partial charge is 0.461 e. The Morgan fingerprint density at radius 3 is 2.16 bits per heavy atom. The summed E-state index contributed by atoms with van der Waals surface area (Å²) in [6.07, 6.45) is 4.88. The Morgan fingerprint density at radius 2 is 1.62 bits per heavy atom. The van der Waals surface area contributed by atoms with Crippen molar-refractivity contribution in [2.24, 2.45) is 0 Å². The number of allylic oxidation sites excluding steroid dienone is 1. The molecule has 0 spiro atoms. The average Bonchev–Trinajstić information content (AvgIpc) is 3.22. The van der Waals surface area contributed by atoms with Crippen LogP contribution in [-0.2, 0) is 16.6 Å². The number of aromatic nitrogens is 2. The predicted octanol–water partition coefficient (Wildman–Crippen LogP) is 4.27. The summed E-state index contributed by atoms with van der Waals surface area (Å²) < 4.78 is 5.19. The van der Waals surface area contributed by atoms with E-state index in [2.05, 4.69) is 74.6 Å². The van der Waals surface area contributed by atoms with Gasteiger partial charge in [0.15, 0.2) is 5.69 Å². The first-order valence-corrected chi connectivity index (χ1v) is 10.8. The topological polar surface area (TPSA) is 61.5 Å². The van der Waals surface area contributed by atoms with Gasteiger partial charge in [-0.25, -0.2) is 4.79 Å². The van der Waals surface area contributed by atoms with Crippen molar-refractivity contribution in [3.63, 3.8) is 0 Å². The summed E-state index contributed by atoms with van der Waals surface area (Å²) in [6, 6.07) is 17.2. The van der Waals surface area contributed by atoms with E-state index in [-0.39, 0.29) is 0 Å². The number of rotatable bonds is 6. The Bertz CT molecular complexity index is 1110. The molecule has 0 fully saturated rings. The van der Waals surface area contributed by atoms with Crippen molar-refractivity contribution < 1.29 is 9.53 Å². The first-order valence-electron chi connectivity index (χ1n) is 10.8. The molecule has 1 aliphatic rings. The summed E-state index contributed by atoms with van der Waals surface area (Å²) in [7, 11) is 8.20. The highest BCUT2D eigenvalue weighted by Crippen LogP contribution is 2.43. The maximum absolute atomic E-state index is 12.4. The fraction of sp³-hybridized carbons (Fsp3) is 0.308. The van der Waals surface area contributed by atoms with Gasteiger partial charge < -0.3 is 14.5 Å². The van der Waals surface area contributed by atoms with Gasteiger partial charge in [0, 0.05) is 62.7 Å². The molecule has 1 heterocycles. The Labute approximate surface area is 189 Å². The van der Waals surface area contributed by atoms with Crippen molar-refractivity contribution in [1.29, 1.82) is 0 Å². The van der Waals surface area contributed by atoms with Crippen molar-refractivity contribution in [3.8, 4) is 0 Å². The minimum atomic E-state index is -0.399. The molecule has 3 aromatic rings. The van der Waals surface area contributed by atoms with Crippen molar-refractivity contribution in [2.45, 2.75) is 18.8 Å². The number of aromatic amines is 1. The molecule has 6 heteroatoms. The molecule has 0 radical (unpaired) electrons. The normalized spacial score (nSPS) is 14.0. The fourth-order valence-corrected chi connectivity index (χ4v) is 4.31. The van der Waals surface area contributed by atoms with E-state index < -0.39 is 11.4 Å². The van der Waals surface area contributed by atoms with Crippen LogP contribution in [0.3, 0.4) is 0 Å². The Morgan fingerprint density at radius 1 is 1.03 bits per heavy atom. The van der Waals surface area contributed by atoms with Gasteiger partial charge in [-0.3, -0.25) is 5.10 Å². The van der Waals surface area contributed by atoms with Crippen LogP contribution in [-0.4, -0.2) is 51.0 Å². The van der Waals surface area contributed by atoms with Gasteiger partial charge in [-0.1, -0.05) is 36.4 Å². The Kier molecular flexibility index (Phi) is 5.78. The summed E-state index contributed by atoms with van der Waals surface area (Å²) in [6.45, 7) is 2.12. The lowest BCUT2D eigenvalue weighted by Crippen LogP contribution is -2.31. The highest BCUT2D eigenvalue weighted by atomic mass is 16.5. The Hall–Kier alpha value is -3.54. The number of carbonyl (C=O) groups excluding carboxylic acids is 1. The molecular weight excluding hydrogens is 400 g/mol. The number of esters is 1. The number of H-pyrrole nitrogens is 1. The minimum absolute atomic E-state index is 0.322. The molecule has 0 amide bonds. The maximum atomic E-state index is 12.4. The van der Waals surface area contributed by atoms with Crippen LogP contribution in [0.4, 0.5) is 11.4 Å². The molecule has 0 saturated carbocycles. The minimum Gasteiger partial charge on any atom is -0.461 e. The molecule has 4 rings (SSSR count). The van der Waals surface area contributed by atoms with Gasteiger partial charge >= 0.3 is 5.97 Å². The molecule has 0 bridgehead atoms. The number of fused-ring (bicyclic) bond motifs is 1. The van der Waals surface area contributed by atoms with E-state index in [9.17, 15) is 4.79 Å². The number of nitrogens with zero attached hydrogens (tertiary/aromatic N) is 3. The molecule has 32 heavy (non-hydrogen) atoms. The second-order valence-corrected chi connectivity index (χ2v) is 8.56. The average molecular weight is 431 g/mol. The quantitative estimate of drug-likeness (QED) is 0.592. The van der Waals surface area contributed by atoms with Crippen LogP contribution in [0.5, 0.6) is 0 Å². The third kappa shape index (κ3) is 3.77. The van der Waals surface area contributed by atoms with Crippen LogP contribution in [0, 0.1) is 0 Å². The lowest BCUT2D eigenvalue weighted by Gasteiger charge is -2.35. The number of nitrogens with one attached hydrogen (secondary N) is 1. The lowest BCUT2D eigenvalue weighted by molar-refractivity contribution is 0.0519. The van der Waals surface area contributed by atoms with E-state index in [1.54, 1.807) is 6.92 Å². The number of ether oxygens (including phenoxy) is 1. The molecule has 6 nitrogen and oxygen atoms in total. The Balaban J connectivity index is 1.88. The summed E-state index contributed by atoms with van der Waals surface area (Å²) in [5.74, 6) is -0.397. The molecule has 0 aliphatic heterocycles. The van der Waals surface area contributed by atoms with Gasteiger partial charge in [0.1, 0.15) is 0 Å². The lowest BCUT2D eigenvalue weighted by atomic mass is 9.68. The monoisotopic (exact) mass is 430 g/mol. The molecular formula is C26H30N4O2. The summed E-state index contributed by atoms with van der Waals surface area (Å²) in [5.41, 5.74) is 6.35. The van der Waals surface area contributed by atoms with Crippen LogP contribution < -0.4 is 9.80 Å². The zero-order chi connectivity index (χ0) is 22.9. The van der Waals surface area contributed by atoms with Crippen molar-refractivity contribution in [2.75, 3.05) is 44.6 Å². The molecule has 1 aromatic heterocycles. The van der Waals surface area contributed by atoms with Crippen LogP contribution in [0.15, 0.2) is 54.6 Å². The number of anilines is 2. The maximum Gasteiger partial charge on any atom is 0.359 e. The third-order valence-electron chi connectivity index (χ3n) is 6.10. The van der Waals surface area contributed by atoms with Gasteiger partial charge in [-0.05, 0) is 42.3 Å². The second kappa shape index (κ2) is 8.54. The van der Waals surface area contributed by atoms with Crippen molar-refractivity contribution >= 4 is 23.4 Å². The number of hydrogen-bond acceptors (Lipinski definition) is 5. The molecule has 1 aliphatic carbocycles. The van der Waals surface area contributed by atoms with E-state index in [1.165, 1.54) is 11.1 Å². The molecule has 0 atom stereocenters. The molecule has 0 unspecified atom stereocenters. The summed E-state index contributed by atoms with van der Waals surface area (Å²) >= 11 is 0. The number of benzene rings is 2. The van der Waals surface area contributed by atoms with Gasteiger partial charge in [0.05, 0.1) is 6.61 Å². The van der Waals surface area contributed by atoms with E-state index in [0.717, 1.165) is 22.6 Å². The van der Waals surface area contributed by atoms with E-state index in [0.29, 0.717) is 18.7 Å². The van der Waals surface area contributed by atoms with Gasteiger partial charge in [0.2, 0.25) is 0 Å². The van der Waals surface area contributed by atoms with E-state index in [4.69, 9.17) is 4.74 Å². The van der Waals surface area contributed by atoms with Crippen LogP contribution in [0.1, 0.15) is 39.8 Å². The summed E-state index contributed by atoms with van der Waals surface area (Å²) in [5, 5.41) is 7.41. The molecule has 1 N–H and O–H groups in total. The standard InChI is InChI=1S/C26H30N4O2/c1-6-32-25(31)24-22-13-14-26(17-23(22)27-28-24,18-9-7-11-20(15-18)29(2)3)19-10-8-12-21(16-19)30(4)5/h7-16H,6,17H2,1-5H3,(H,27,28). The van der Waals surface area contributed by atoms with E-state index >= 15 is 0 Å². The van der Waals surface area contributed by atoms with Gasteiger partial charge in [-0.15, -0.1) is 0 Å². The fourth-order valence-electron chi connectivity index (χ4n) is 4.31. The molecule has 166 valence electrons. The van der Waals surface area contributed by atoms with Crippen molar-refractivity contribution in [3.05, 3.63) is 82.7 Å². The second-order valence-electron chi connectivity index (χ2n) is 8.56. The highest BCUT2D eigenvalue weighted by Gasteiger charge is 2.38. The van der Waals surface area contributed by atoms with Crippen LogP contribution >= 0.6 is 0 Å².